The van der Waals surface area contributed by atoms with Crippen molar-refractivity contribution in [1.82, 2.24) is 4.90 Å². The van der Waals surface area contributed by atoms with E-state index in [1.165, 1.54) is 11.8 Å². The maximum absolute atomic E-state index is 12.6. The van der Waals surface area contributed by atoms with Gasteiger partial charge in [0.2, 0.25) is 11.8 Å². The number of halogens is 1. The van der Waals surface area contributed by atoms with Gasteiger partial charge >= 0.3 is 0 Å². The fourth-order valence-electron chi connectivity index (χ4n) is 3.41. The van der Waals surface area contributed by atoms with E-state index in [9.17, 15) is 9.59 Å². The summed E-state index contributed by atoms with van der Waals surface area (Å²) in [6.07, 6.45) is 1.41. The molecule has 3 rings (SSSR count). The van der Waals surface area contributed by atoms with Crippen molar-refractivity contribution in [3.8, 4) is 0 Å². The summed E-state index contributed by atoms with van der Waals surface area (Å²) in [4.78, 5) is 27.7. The second-order valence-corrected chi connectivity index (χ2v) is 8.37. The predicted molar refractivity (Wildman–Crippen MR) is 93.9 cm³/mol. The van der Waals surface area contributed by atoms with Crippen LogP contribution in [0.15, 0.2) is 23.1 Å². The lowest BCUT2D eigenvalue weighted by Gasteiger charge is -2.36. The molecule has 0 spiro atoms. The molecule has 0 radical (unpaired) electrons. The summed E-state index contributed by atoms with van der Waals surface area (Å²) in [5, 5.41) is 3.08. The van der Waals surface area contributed by atoms with Gasteiger partial charge in [-0.15, -0.1) is 11.8 Å². The molecule has 4 nitrogen and oxygen atoms in total. The molecule has 0 aromatic heterocycles. The number of rotatable bonds is 2. The highest BCUT2D eigenvalue weighted by Gasteiger charge is 2.32. The second kappa shape index (κ2) is 6.73. The van der Waals surface area contributed by atoms with Crippen molar-refractivity contribution < 1.29 is 9.59 Å². The van der Waals surface area contributed by atoms with Crippen molar-refractivity contribution in [3.63, 3.8) is 0 Å². The van der Waals surface area contributed by atoms with Crippen LogP contribution in [-0.4, -0.2) is 35.1 Å². The first-order chi connectivity index (χ1) is 10.9. The van der Waals surface area contributed by atoms with Crippen molar-refractivity contribution in [2.75, 3.05) is 18.4 Å². The maximum Gasteiger partial charge on any atom is 0.238 e. The Kier molecular flexibility index (Phi) is 4.87. The largest absolute Gasteiger partial charge is 0.342 e. The molecule has 1 saturated heterocycles. The zero-order valence-electron chi connectivity index (χ0n) is 13.3. The van der Waals surface area contributed by atoms with Crippen LogP contribution in [-0.2, 0) is 9.59 Å². The van der Waals surface area contributed by atoms with E-state index in [0.717, 1.165) is 30.1 Å². The highest BCUT2D eigenvalue weighted by Crippen LogP contribution is 2.38. The summed E-state index contributed by atoms with van der Waals surface area (Å²) < 4.78 is 0. The van der Waals surface area contributed by atoms with Gasteiger partial charge in [0.1, 0.15) is 0 Å². The molecule has 2 aliphatic heterocycles. The summed E-state index contributed by atoms with van der Waals surface area (Å²) in [5.74, 6) is 1.02. The number of likely N-dealkylation sites (tertiary alicyclic amines) is 1. The zero-order valence-corrected chi connectivity index (χ0v) is 14.9. The summed E-state index contributed by atoms with van der Waals surface area (Å²) in [7, 11) is 0. The number of fused-ring (bicyclic) bond motifs is 1. The molecule has 1 aromatic carbocycles. The maximum atomic E-state index is 12.6. The molecule has 2 heterocycles. The van der Waals surface area contributed by atoms with Crippen molar-refractivity contribution >= 4 is 40.9 Å². The summed E-state index contributed by atoms with van der Waals surface area (Å²) in [6.45, 7) is 5.96. The Morgan fingerprint density at radius 3 is 2.74 bits per heavy atom. The van der Waals surface area contributed by atoms with Gasteiger partial charge in [0.05, 0.1) is 10.9 Å². The van der Waals surface area contributed by atoms with E-state index in [1.54, 1.807) is 12.1 Å². The lowest BCUT2D eigenvalue weighted by Crippen LogP contribution is -2.44. The molecule has 0 bridgehead atoms. The number of nitrogens with one attached hydrogen (secondary N) is 1. The Balaban J connectivity index is 1.67. The van der Waals surface area contributed by atoms with E-state index < -0.39 is 0 Å². The third-order valence-corrected chi connectivity index (χ3v) is 5.85. The summed E-state index contributed by atoms with van der Waals surface area (Å²) in [6, 6.07) is 5.44. The highest BCUT2D eigenvalue weighted by molar-refractivity contribution is 8.01. The predicted octanol–water partition coefficient (Wildman–Crippen LogP) is 3.65. The van der Waals surface area contributed by atoms with Gasteiger partial charge in [0, 0.05) is 29.4 Å². The molecule has 2 amide bonds. The number of benzene rings is 1. The number of nitrogens with zero attached hydrogens (tertiary/aromatic N) is 1. The van der Waals surface area contributed by atoms with Gasteiger partial charge in [-0.05, 0) is 36.5 Å². The van der Waals surface area contributed by atoms with E-state index in [0.29, 0.717) is 16.9 Å². The van der Waals surface area contributed by atoms with E-state index in [1.807, 2.05) is 11.0 Å². The molecule has 1 aromatic rings. The van der Waals surface area contributed by atoms with Crippen molar-refractivity contribution in [1.29, 1.82) is 0 Å². The minimum atomic E-state index is -0.372. The third kappa shape index (κ3) is 3.83. The van der Waals surface area contributed by atoms with Crippen LogP contribution in [0.4, 0.5) is 5.69 Å². The molecule has 1 N–H and O–H groups in total. The molecule has 1 fully saturated rings. The van der Waals surface area contributed by atoms with Crippen LogP contribution in [0.1, 0.15) is 26.7 Å². The standard InChI is InChI=1S/C17H21ClN2O2S/c1-10-5-11(2)9-20(8-10)16(21)7-15-17(22)19-13-6-12(18)3-4-14(13)23-15/h3-4,6,10-11,15H,5,7-9H2,1-2H3,(H,19,22)/t10-,11+,15-/m1/s1. The average molecular weight is 353 g/mol. The van der Waals surface area contributed by atoms with E-state index in [-0.39, 0.29) is 23.5 Å². The minimum Gasteiger partial charge on any atom is -0.342 e. The van der Waals surface area contributed by atoms with Crippen LogP contribution >= 0.6 is 23.4 Å². The van der Waals surface area contributed by atoms with Crippen molar-refractivity contribution in [3.05, 3.63) is 23.2 Å². The Morgan fingerprint density at radius 2 is 2.04 bits per heavy atom. The smallest absolute Gasteiger partial charge is 0.238 e. The fraction of sp³-hybridized carbons (Fsp3) is 0.529. The van der Waals surface area contributed by atoms with Crippen LogP contribution in [0.5, 0.6) is 0 Å². The molecule has 23 heavy (non-hydrogen) atoms. The monoisotopic (exact) mass is 352 g/mol. The highest BCUT2D eigenvalue weighted by atomic mass is 35.5. The molecular weight excluding hydrogens is 332 g/mol. The molecule has 3 atom stereocenters. The van der Waals surface area contributed by atoms with Crippen LogP contribution in [0.2, 0.25) is 5.02 Å². The number of carbonyl (C=O) groups is 2. The topological polar surface area (TPSA) is 49.4 Å². The molecule has 0 saturated carbocycles. The third-order valence-electron chi connectivity index (χ3n) is 4.34. The first kappa shape index (κ1) is 16.7. The summed E-state index contributed by atoms with van der Waals surface area (Å²) >= 11 is 7.40. The van der Waals surface area contributed by atoms with Crippen LogP contribution in [0.25, 0.3) is 0 Å². The number of piperidine rings is 1. The molecule has 0 aliphatic carbocycles. The summed E-state index contributed by atoms with van der Waals surface area (Å²) in [5.41, 5.74) is 0.733. The van der Waals surface area contributed by atoms with Gasteiger partial charge in [0.25, 0.3) is 0 Å². The van der Waals surface area contributed by atoms with Gasteiger partial charge in [-0.25, -0.2) is 0 Å². The minimum absolute atomic E-state index is 0.0773. The van der Waals surface area contributed by atoms with Gasteiger partial charge in [-0.2, -0.15) is 0 Å². The van der Waals surface area contributed by atoms with Gasteiger partial charge in [0.15, 0.2) is 0 Å². The molecule has 2 aliphatic rings. The SMILES string of the molecule is C[C@@H]1C[C@H](C)CN(C(=O)C[C@H]2Sc3ccc(Cl)cc3NC2=O)C1. The Hall–Kier alpha value is -1.20. The Bertz CT molecular complexity index is 627. The normalized spacial score (nSPS) is 27.3. The first-order valence-corrected chi connectivity index (χ1v) is 9.23. The Morgan fingerprint density at radius 1 is 1.35 bits per heavy atom. The van der Waals surface area contributed by atoms with Crippen LogP contribution < -0.4 is 5.32 Å². The van der Waals surface area contributed by atoms with Crippen molar-refractivity contribution in [2.24, 2.45) is 11.8 Å². The van der Waals surface area contributed by atoms with E-state index in [4.69, 9.17) is 11.6 Å². The number of carbonyl (C=O) groups excluding carboxylic acids is 2. The second-order valence-electron chi connectivity index (χ2n) is 6.69. The average Bonchev–Trinajstić information content (AvgIpc) is 2.47. The molecule has 6 heteroatoms. The van der Waals surface area contributed by atoms with Crippen molar-refractivity contribution in [2.45, 2.75) is 36.8 Å². The van der Waals surface area contributed by atoms with E-state index in [2.05, 4.69) is 19.2 Å². The lowest BCUT2D eigenvalue weighted by atomic mass is 9.91. The Labute approximate surface area is 145 Å². The van der Waals surface area contributed by atoms with Crippen LogP contribution in [0.3, 0.4) is 0 Å². The molecule has 0 unspecified atom stereocenters. The number of anilines is 1. The lowest BCUT2D eigenvalue weighted by molar-refractivity contribution is -0.135. The number of hydrogen-bond donors (Lipinski definition) is 1. The number of hydrogen-bond acceptors (Lipinski definition) is 3. The van der Waals surface area contributed by atoms with Gasteiger partial charge in [-0.3, -0.25) is 9.59 Å². The number of amides is 2. The number of thioether (sulfide) groups is 1. The first-order valence-electron chi connectivity index (χ1n) is 7.97. The fourth-order valence-corrected chi connectivity index (χ4v) is 4.67. The van der Waals surface area contributed by atoms with Crippen LogP contribution in [0, 0.1) is 11.8 Å². The van der Waals surface area contributed by atoms with Gasteiger partial charge < -0.3 is 10.2 Å². The zero-order chi connectivity index (χ0) is 16.6. The quantitative estimate of drug-likeness (QED) is 0.883. The molecular formula is C17H21ClN2O2S. The van der Waals surface area contributed by atoms with Gasteiger partial charge in [-0.1, -0.05) is 25.4 Å². The molecule has 124 valence electrons. The van der Waals surface area contributed by atoms with E-state index >= 15 is 0 Å².